The SMILES string of the molecule is OB(O)c1ccccc1Oc1ccccc1F. The third-order valence-electron chi connectivity index (χ3n) is 2.25. The van der Waals surface area contributed by atoms with E-state index in [0.717, 1.165) is 0 Å². The van der Waals surface area contributed by atoms with E-state index < -0.39 is 12.9 Å². The van der Waals surface area contributed by atoms with Crippen LogP contribution in [0.4, 0.5) is 4.39 Å². The zero-order valence-electron chi connectivity index (χ0n) is 8.88. The van der Waals surface area contributed by atoms with E-state index in [0.29, 0.717) is 0 Å². The monoisotopic (exact) mass is 232 g/mol. The van der Waals surface area contributed by atoms with E-state index in [1.54, 1.807) is 30.3 Å². The van der Waals surface area contributed by atoms with Gasteiger partial charge in [-0.2, -0.15) is 0 Å². The Balaban J connectivity index is 2.34. The normalized spacial score (nSPS) is 10.1. The van der Waals surface area contributed by atoms with Crippen LogP contribution >= 0.6 is 0 Å². The maximum atomic E-state index is 13.4. The van der Waals surface area contributed by atoms with Crippen molar-refractivity contribution in [2.24, 2.45) is 0 Å². The van der Waals surface area contributed by atoms with Gasteiger partial charge in [0.2, 0.25) is 0 Å². The van der Waals surface area contributed by atoms with Crippen molar-refractivity contribution in [3.63, 3.8) is 0 Å². The molecule has 0 heterocycles. The van der Waals surface area contributed by atoms with Crippen molar-refractivity contribution in [2.45, 2.75) is 0 Å². The third kappa shape index (κ3) is 2.64. The topological polar surface area (TPSA) is 49.7 Å². The van der Waals surface area contributed by atoms with E-state index >= 15 is 0 Å². The molecule has 0 atom stereocenters. The number of halogens is 1. The summed E-state index contributed by atoms with van der Waals surface area (Å²) in [5.74, 6) is -0.247. The van der Waals surface area contributed by atoms with Gasteiger partial charge >= 0.3 is 7.12 Å². The zero-order valence-corrected chi connectivity index (χ0v) is 8.88. The van der Waals surface area contributed by atoms with Gasteiger partial charge < -0.3 is 14.8 Å². The molecule has 0 saturated carbocycles. The highest BCUT2D eigenvalue weighted by atomic mass is 19.1. The second-order valence-electron chi connectivity index (χ2n) is 3.44. The molecule has 0 unspecified atom stereocenters. The van der Waals surface area contributed by atoms with Gasteiger partial charge in [-0.3, -0.25) is 0 Å². The summed E-state index contributed by atoms with van der Waals surface area (Å²) in [5, 5.41) is 18.3. The van der Waals surface area contributed by atoms with Crippen molar-refractivity contribution in [3.05, 3.63) is 54.3 Å². The summed E-state index contributed by atoms with van der Waals surface area (Å²) in [6.45, 7) is 0. The highest BCUT2D eigenvalue weighted by Crippen LogP contribution is 2.22. The van der Waals surface area contributed by atoms with E-state index in [4.69, 9.17) is 14.8 Å². The lowest BCUT2D eigenvalue weighted by atomic mass is 9.79. The Morgan fingerprint density at radius 2 is 1.47 bits per heavy atom. The second-order valence-corrected chi connectivity index (χ2v) is 3.44. The van der Waals surface area contributed by atoms with Gasteiger partial charge in [0.25, 0.3) is 0 Å². The molecular formula is C12H10BFO3. The van der Waals surface area contributed by atoms with Crippen LogP contribution in [0.15, 0.2) is 48.5 Å². The van der Waals surface area contributed by atoms with Gasteiger partial charge in [-0.15, -0.1) is 0 Å². The van der Waals surface area contributed by atoms with Crippen LogP contribution in [0, 0.1) is 5.82 Å². The maximum Gasteiger partial charge on any atom is 0.492 e. The summed E-state index contributed by atoms with van der Waals surface area (Å²) in [6.07, 6.45) is 0. The summed E-state index contributed by atoms with van der Waals surface area (Å²) in [6, 6.07) is 12.3. The van der Waals surface area contributed by atoms with E-state index in [2.05, 4.69) is 0 Å². The minimum Gasteiger partial charge on any atom is -0.455 e. The molecule has 0 spiro atoms. The van der Waals surface area contributed by atoms with Crippen LogP contribution in [-0.2, 0) is 0 Å². The Bertz CT molecular complexity index is 517. The van der Waals surface area contributed by atoms with Crippen LogP contribution in [-0.4, -0.2) is 17.2 Å². The van der Waals surface area contributed by atoms with Gasteiger partial charge in [-0.1, -0.05) is 30.3 Å². The summed E-state index contributed by atoms with van der Waals surface area (Å²) >= 11 is 0. The Morgan fingerprint density at radius 1 is 0.882 bits per heavy atom. The van der Waals surface area contributed by atoms with Crippen molar-refractivity contribution < 1.29 is 19.2 Å². The fourth-order valence-electron chi connectivity index (χ4n) is 1.43. The highest BCUT2D eigenvalue weighted by Gasteiger charge is 2.17. The quantitative estimate of drug-likeness (QED) is 0.784. The molecule has 0 aliphatic rings. The first-order valence-electron chi connectivity index (χ1n) is 5.06. The predicted octanol–water partition coefficient (Wildman–Crippen LogP) is 1.30. The lowest BCUT2D eigenvalue weighted by molar-refractivity contribution is 0.416. The first-order chi connectivity index (χ1) is 8.18. The van der Waals surface area contributed by atoms with Gasteiger partial charge in [0.1, 0.15) is 5.75 Å². The van der Waals surface area contributed by atoms with Gasteiger partial charge in [-0.25, -0.2) is 4.39 Å². The molecule has 0 radical (unpaired) electrons. The maximum absolute atomic E-state index is 13.4. The number of hydrogen-bond donors (Lipinski definition) is 2. The van der Waals surface area contributed by atoms with E-state index in [1.165, 1.54) is 18.2 Å². The molecule has 3 nitrogen and oxygen atoms in total. The highest BCUT2D eigenvalue weighted by molar-refractivity contribution is 6.59. The Kier molecular flexibility index (Phi) is 3.42. The van der Waals surface area contributed by atoms with Crippen molar-refractivity contribution >= 4 is 12.6 Å². The van der Waals surface area contributed by atoms with Gasteiger partial charge in [0.05, 0.1) is 0 Å². The van der Waals surface area contributed by atoms with Crippen LogP contribution in [0.2, 0.25) is 0 Å². The van der Waals surface area contributed by atoms with Gasteiger partial charge in [0, 0.05) is 5.46 Å². The molecule has 0 amide bonds. The average molecular weight is 232 g/mol. The summed E-state index contributed by atoms with van der Waals surface area (Å²) < 4.78 is 18.7. The first kappa shape index (κ1) is 11.6. The Labute approximate surface area is 98.2 Å². The second kappa shape index (κ2) is 4.99. The molecule has 0 aromatic heterocycles. The molecule has 5 heteroatoms. The number of ether oxygens (including phenoxy) is 1. The van der Waals surface area contributed by atoms with E-state index in [-0.39, 0.29) is 17.0 Å². The van der Waals surface area contributed by atoms with E-state index in [1.807, 2.05) is 0 Å². The molecule has 0 bridgehead atoms. The molecular weight excluding hydrogens is 222 g/mol. The summed E-state index contributed by atoms with van der Waals surface area (Å²) in [7, 11) is -1.65. The number of benzene rings is 2. The lowest BCUT2D eigenvalue weighted by Gasteiger charge is -2.10. The molecule has 0 aliphatic heterocycles. The standard InChI is InChI=1S/C12H10BFO3/c14-10-6-2-4-8-12(10)17-11-7-3-1-5-9(11)13(15)16/h1-8,15-16H. The largest absolute Gasteiger partial charge is 0.492 e. The van der Waals surface area contributed by atoms with Crippen LogP contribution in [0.5, 0.6) is 11.5 Å². The van der Waals surface area contributed by atoms with Gasteiger partial charge in [-0.05, 0) is 18.2 Å². The Morgan fingerprint density at radius 3 is 2.12 bits per heavy atom. The number of rotatable bonds is 3. The van der Waals surface area contributed by atoms with Crippen molar-refractivity contribution in [1.82, 2.24) is 0 Å². The molecule has 0 fully saturated rings. The first-order valence-corrected chi connectivity index (χ1v) is 5.06. The number of para-hydroxylation sites is 2. The van der Waals surface area contributed by atoms with Crippen molar-refractivity contribution in [3.8, 4) is 11.5 Å². The van der Waals surface area contributed by atoms with Crippen LogP contribution in [0.1, 0.15) is 0 Å². The molecule has 2 aromatic carbocycles. The fourth-order valence-corrected chi connectivity index (χ4v) is 1.43. The van der Waals surface area contributed by atoms with Crippen molar-refractivity contribution in [2.75, 3.05) is 0 Å². The van der Waals surface area contributed by atoms with Crippen LogP contribution in [0.3, 0.4) is 0 Å². The van der Waals surface area contributed by atoms with Gasteiger partial charge in [0.15, 0.2) is 11.6 Å². The lowest BCUT2D eigenvalue weighted by Crippen LogP contribution is -2.30. The molecule has 0 aliphatic carbocycles. The zero-order chi connectivity index (χ0) is 12.3. The molecule has 17 heavy (non-hydrogen) atoms. The summed E-state index contributed by atoms with van der Waals surface area (Å²) in [5.41, 5.74) is 0.191. The molecule has 0 saturated heterocycles. The minimum atomic E-state index is -1.65. The summed E-state index contributed by atoms with van der Waals surface area (Å²) in [4.78, 5) is 0. The molecule has 2 rings (SSSR count). The molecule has 86 valence electrons. The molecule has 2 N–H and O–H groups in total. The fraction of sp³-hybridized carbons (Fsp3) is 0. The average Bonchev–Trinajstić information content (AvgIpc) is 2.32. The smallest absolute Gasteiger partial charge is 0.455 e. The minimum absolute atomic E-state index is 0.0422. The van der Waals surface area contributed by atoms with E-state index in [9.17, 15) is 4.39 Å². The van der Waals surface area contributed by atoms with Crippen LogP contribution < -0.4 is 10.2 Å². The Hall–Kier alpha value is -1.85. The predicted molar refractivity (Wildman–Crippen MR) is 62.7 cm³/mol. The molecule has 2 aromatic rings. The third-order valence-corrected chi connectivity index (χ3v) is 2.25. The van der Waals surface area contributed by atoms with Crippen LogP contribution in [0.25, 0.3) is 0 Å². The number of hydrogen-bond acceptors (Lipinski definition) is 3. The van der Waals surface area contributed by atoms with Crippen molar-refractivity contribution in [1.29, 1.82) is 0 Å².